The highest BCUT2D eigenvalue weighted by molar-refractivity contribution is 6.05. The van der Waals surface area contributed by atoms with Gasteiger partial charge in [0.25, 0.3) is 5.89 Å². The average molecular weight is 209 g/mol. The zero-order valence-electron chi connectivity index (χ0n) is 7.41. The third-order valence-corrected chi connectivity index (χ3v) is 1.81. The van der Waals surface area contributed by atoms with Crippen molar-refractivity contribution in [1.29, 1.82) is 0 Å². The molecule has 0 saturated carbocycles. The van der Waals surface area contributed by atoms with Crippen molar-refractivity contribution in [3.05, 3.63) is 53.7 Å². The van der Waals surface area contributed by atoms with Crippen LogP contribution in [0.1, 0.15) is 16.2 Å². The lowest BCUT2D eigenvalue weighted by Crippen LogP contribution is -2.02. The lowest BCUT2D eigenvalue weighted by atomic mass is 10.1. The van der Waals surface area contributed by atoms with Gasteiger partial charge in [0.1, 0.15) is 6.26 Å². The molecule has 2 aromatic rings. The van der Waals surface area contributed by atoms with Crippen LogP contribution in [0.15, 0.2) is 35.1 Å². The summed E-state index contributed by atoms with van der Waals surface area (Å²) >= 11 is 0. The maximum Gasteiger partial charge on any atom is 0.268 e. The lowest BCUT2D eigenvalue weighted by molar-refractivity contribution is 0.100. The Kier molecular flexibility index (Phi) is 2.29. The van der Waals surface area contributed by atoms with E-state index in [1.54, 1.807) is 0 Å². The molecule has 0 aliphatic carbocycles. The molecule has 2 rings (SSSR count). The Labute approximate surface area is 83.4 Å². The number of aromatic nitrogens is 1. The first kappa shape index (κ1) is 9.51. The second kappa shape index (κ2) is 3.61. The average Bonchev–Trinajstić information content (AvgIpc) is 2.74. The first-order valence-corrected chi connectivity index (χ1v) is 4.08. The van der Waals surface area contributed by atoms with Crippen LogP contribution < -0.4 is 0 Å². The largest absolute Gasteiger partial charge is 0.442 e. The van der Waals surface area contributed by atoms with Crippen LogP contribution in [0.3, 0.4) is 0 Å². The van der Waals surface area contributed by atoms with Crippen LogP contribution in [-0.2, 0) is 0 Å². The second-order valence-electron chi connectivity index (χ2n) is 2.80. The highest BCUT2D eigenvalue weighted by Crippen LogP contribution is 2.12. The molecule has 5 heteroatoms. The van der Waals surface area contributed by atoms with Crippen LogP contribution >= 0.6 is 0 Å². The predicted molar refractivity (Wildman–Crippen MR) is 46.3 cm³/mol. The van der Waals surface area contributed by atoms with Crippen molar-refractivity contribution in [3.63, 3.8) is 0 Å². The van der Waals surface area contributed by atoms with Crippen molar-refractivity contribution < 1.29 is 18.0 Å². The van der Waals surface area contributed by atoms with E-state index in [0.29, 0.717) is 0 Å². The fourth-order valence-electron chi connectivity index (χ4n) is 1.10. The molecule has 0 bridgehead atoms. The minimum atomic E-state index is -1.08. The number of hydrogen-bond acceptors (Lipinski definition) is 3. The van der Waals surface area contributed by atoms with E-state index in [0.717, 1.165) is 12.1 Å². The van der Waals surface area contributed by atoms with E-state index in [4.69, 9.17) is 4.42 Å². The molecule has 0 atom stereocenters. The monoisotopic (exact) mass is 209 g/mol. The Morgan fingerprint density at radius 3 is 2.67 bits per heavy atom. The van der Waals surface area contributed by atoms with E-state index >= 15 is 0 Å². The Hall–Kier alpha value is -2.04. The summed E-state index contributed by atoms with van der Waals surface area (Å²) < 4.78 is 30.1. The predicted octanol–water partition coefficient (Wildman–Crippen LogP) is 2.18. The van der Waals surface area contributed by atoms with Gasteiger partial charge in [-0.3, -0.25) is 4.79 Å². The SMILES string of the molecule is O=C(c1ccc(F)c(F)c1)c1ncco1. The Bertz CT molecular complexity index is 494. The van der Waals surface area contributed by atoms with Crippen LogP contribution in [0.4, 0.5) is 8.78 Å². The second-order valence-corrected chi connectivity index (χ2v) is 2.80. The van der Waals surface area contributed by atoms with Crippen LogP contribution in [0, 0.1) is 11.6 Å². The fourth-order valence-corrected chi connectivity index (χ4v) is 1.10. The normalized spacial score (nSPS) is 10.3. The van der Waals surface area contributed by atoms with Crippen molar-refractivity contribution in [3.8, 4) is 0 Å². The van der Waals surface area contributed by atoms with Gasteiger partial charge in [-0.2, -0.15) is 0 Å². The van der Waals surface area contributed by atoms with Crippen molar-refractivity contribution in [2.24, 2.45) is 0 Å². The Balaban J connectivity index is 2.39. The highest BCUT2D eigenvalue weighted by Gasteiger charge is 2.15. The van der Waals surface area contributed by atoms with Crippen LogP contribution in [-0.4, -0.2) is 10.8 Å². The Morgan fingerprint density at radius 2 is 2.07 bits per heavy atom. The molecule has 0 amide bonds. The van der Waals surface area contributed by atoms with Crippen LogP contribution in [0.2, 0.25) is 0 Å². The summed E-state index contributed by atoms with van der Waals surface area (Å²) in [6.07, 6.45) is 2.53. The summed E-state index contributed by atoms with van der Waals surface area (Å²) in [5, 5.41) is 0. The molecule has 1 heterocycles. The van der Waals surface area contributed by atoms with Gasteiger partial charge in [0.2, 0.25) is 5.78 Å². The summed E-state index contributed by atoms with van der Waals surface area (Å²) in [6.45, 7) is 0. The molecule has 0 saturated heterocycles. The fraction of sp³-hybridized carbons (Fsp3) is 0. The molecule has 3 nitrogen and oxygen atoms in total. The number of nitrogens with zero attached hydrogens (tertiary/aromatic N) is 1. The summed E-state index contributed by atoms with van der Waals surface area (Å²) in [6, 6.07) is 2.86. The molecule has 0 aliphatic heterocycles. The lowest BCUT2D eigenvalue weighted by Gasteiger charge is -1.97. The van der Waals surface area contributed by atoms with Crippen LogP contribution in [0.25, 0.3) is 0 Å². The molecule has 0 fully saturated rings. The number of carbonyl (C=O) groups is 1. The van der Waals surface area contributed by atoms with Gasteiger partial charge in [0.05, 0.1) is 6.20 Å². The smallest absolute Gasteiger partial charge is 0.268 e. The summed E-state index contributed by atoms with van der Waals surface area (Å²) in [5.41, 5.74) is -0.00338. The minimum Gasteiger partial charge on any atom is -0.442 e. The zero-order chi connectivity index (χ0) is 10.8. The molecular weight excluding hydrogens is 204 g/mol. The molecule has 0 N–H and O–H groups in total. The number of ketones is 1. The standard InChI is InChI=1S/C10H5F2NO2/c11-7-2-1-6(5-8(7)12)9(14)10-13-3-4-15-10/h1-5H. The van der Waals surface area contributed by atoms with Crippen LogP contribution in [0.5, 0.6) is 0 Å². The summed E-state index contributed by atoms with van der Waals surface area (Å²) in [4.78, 5) is 15.1. The molecule has 0 unspecified atom stereocenters. The van der Waals surface area contributed by atoms with Crippen molar-refractivity contribution >= 4 is 5.78 Å². The topological polar surface area (TPSA) is 43.1 Å². The molecule has 0 aliphatic rings. The number of benzene rings is 1. The summed E-state index contributed by atoms with van der Waals surface area (Å²) in [5.74, 6) is -2.81. The molecule has 1 aromatic heterocycles. The maximum atomic E-state index is 12.8. The third kappa shape index (κ3) is 1.76. The number of hydrogen-bond donors (Lipinski definition) is 0. The van der Waals surface area contributed by atoms with E-state index in [1.165, 1.54) is 18.5 Å². The van der Waals surface area contributed by atoms with Gasteiger partial charge >= 0.3 is 0 Å². The first-order valence-electron chi connectivity index (χ1n) is 4.08. The molecule has 0 radical (unpaired) electrons. The van der Waals surface area contributed by atoms with Gasteiger partial charge in [-0.25, -0.2) is 13.8 Å². The Morgan fingerprint density at radius 1 is 1.27 bits per heavy atom. The van der Waals surface area contributed by atoms with Gasteiger partial charge < -0.3 is 4.42 Å². The molecular formula is C10H5F2NO2. The maximum absolute atomic E-state index is 12.8. The van der Waals surface area contributed by atoms with Gasteiger partial charge in [0.15, 0.2) is 11.6 Å². The first-order chi connectivity index (χ1) is 7.18. The minimum absolute atomic E-state index is 0.00338. The number of oxazole rings is 1. The zero-order valence-corrected chi connectivity index (χ0v) is 7.41. The van der Waals surface area contributed by atoms with E-state index in [1.807, 2.05) is 0 Å². The molecule has 76 valence electrons. The van der Waals surface area contributed by atoms with E-state index in [9.17, 15) is 13.6 Å². The van der Waals surface area contributed by atoms with Crippen molar-refractivity contribution in [2.75, 3.05) is 0 Å². The molecule has 15 heavy (non-hydrogen) atoms. The number of rotatable bonds is 2. The molecule has 1 aromatic carbocycles. The van der Waals surface area contributed by atoms with Gasteiger partial charge in [-0.15, -0.1) is 0 Å². The van der Waals surface area contributed by atoms with Gasteiger partial charge in [-0.05, 0) is 18.2 Å². The van der Waals surface area contributed by atoms with E-state index in [-0.39, 0.29) is 11.5 Å². The van der Waals surface area contributed by atoms with E-state index < -0.39 is 17.4 Å². The van der Waals surface area contributed by atoms with Crippen molar-refractivity contribution in [1.82, 2.24) is 4.98 Å². The van der Waals surface area contributed by atoms with Gasteiger partial charge in [-0.1, -0.05) is 0 Å². The number of halogens is 2. The molecule has 0 spiro atoms. The van der Waals surface area contributed by atoms with E-state index in [2.05, 4.69) is 4.98 Å². The number of carbonyl (C=O) groups excluding carboxylic acids is 1. The third-order valence-electron chi connectivity index (χ3n) is 1.81. The van der Waals surface area contributed by atoms with Gasteiger partial charge in [0, 0.05) is 5.56 Å². The van der Waals surface area contributed by atoms with Crippen molar-refractivity contribution in [2.45, 2.75) is 0 Å². The quantitative estimate of drug-likeness (QED) is 0.712. The summed E-state index contributed by atoms with van der Waals surface area (Å²) in [7, 11) is 0. The highest BCUT2D eigenvalue weighted by atomic mass is 19.2.